The zero-order chi connectivity index (χ0) is 22.0. The van der Waals surface area contributed by atoms with Crippen molar-refractivity contribution in [3.8, 4) is 23.1 Å². The number of hydrogen-bond donors (Lipinski definition) is 2. The monoisotopic (exact) mass is 415 g/mol. The van der Waals surface area contributed by atoms with E-state index in [9.17, 15) is 10.1 Å². The standard InChI is InChI=1S/C22H17N5O4/c1-29-21(28)17-9-7-13(31-17)11-30-16-8-6-12-4-2-3-5-14(12)18(16)19-15(10-23)20(24)27-22(25)26-19/h2-9H,11H2,1H3,(H4,24,25,26,27). The van der Waals surface area contributed by atoms with E-state index < -0.39 is 5.97 Å². The van der Waals surface area contributed by atoms with Gasteiger partial charge in [0, 0.05) is 0 Å². The molecule has 4 rings (SSSR count). The van der Waals surface area contributed by atoms with Crippen LogP contribution in [0.3, 0.4) is 0 Å². The molecule has 0 bridgehead atoms. The molecule has 0 aliphatic rings. The minimum Gasteiger partial charge on any atom is -0.485 e. The Labute approximate surface area is 176 Å². The van der Waals surface area contributed by atoms with E-state index in [-0.39, 0.29) is 35.4 Å². The maximum absolute atomic E-state index is 11.6. The molecule has 9 nitrogen and oxygen atoms in total. The Bertz CT molecular complexity index is 1340. The van der Waals surface area contributed by atoms with Crippen molar-refractivity contribution >= 4 is 28.5 Å². The number of benzene rings is 2. The van der Waals surface area contributed by atoms with Crippen molar-refractivity contribution in [2.45, 2.75) is 6.61 Å². The van der Waals surface area contributed by atoms with Crippen LogP contribution >= 0.6 is 0 Å². The number of nitrogens with zero attached hydrogens (tertiary/aromatic N) is 3. The van der Waals surface area contributed by atoms with Crippen molar-refractivity contribution in [1.82, 2.24) is 9.97 Å². The van der Waals surface area contributed by atoms with E-state index in [1.165, 1.54) is 13.2 Å². The smallest absolute Gasteiger partial charge is 0.373 e. The number of hydrogen-bond acceptors (Lipinski definition) is 9. The SMILES string of the molecule is COC(=O)c1ccc(COc2ccc3ccccc3c2-c2nc(N)nc(N)c2C#N)o1. The molecular weight excluding hydrogens is 398 g/mol. The average Bonchev–Trinajstić information content (AvgIpc) is 3.25. The molecule has 0 radical (unpaired) electrons. The van der Waals surface area contributed by atoms with Gasteiger partial charge in [0.1, 0.15) is 41.3 Å². The number of methoxy groups -OCH3 is 1. The molecule has 2 heterocycles. The van der Waals surface area contributed by atoms with Gasteiger partial charge in [-0.25, -0.2) is 9.78 Å². The third kappa shape index (κ3) is 3.70. The molecule has 0 saturated heterocycles. The number of nitrogen functional groups attached to an aromatic ring is 2. The second kappa shape index (κ2) is 8.04. The summed E-state index contributed by atoms with van der Waals surface area (Å²) in [5.74, 6) is 0.272. The number of aromatic nitrogens is 2. The summed E-state index contributed by atoms with van der Waals surface area (Å²) in [7, 11) is 1.27. The number of esters is 1. The summed E-state index contributed by atoms with van der Waals surface area (Å²) in [5.41, 5.74) is 12.7. The number of carbonyl (C=O) groups is 1. The highest BCUT2D eigenvalue weighted by Gasteiger charge is 2.20. The number of nitrogens with two attached hydrogens (primary N) is 2. The first-order chi connectivity index (χ1) is 15.0. The Morgan fingerprint density at radius 1 is 1.13 bits per heavy atom. The van der Waals surface area contributed by atoms with Crippen molar-refractivity contribution in [2.75, 3.05) is 18.6 Å². The van der Waals surface area contributed by atoms with Gasteiger partial charge in [-0.3, -0.25) is 0 Å². The predicted molar refractivity (Wildman–Crippen MR) is 113 cm³/mol. The lowest BCUT2D eigenvalue weighted by Gasteiger charge is -2.15. The highest BCUT2D eigenvalue weighted by atomic mass is 16.5. The molecule has 9 heteroatoms. The third-order valence-electron chi connectivity index (χ3n) is 4.61. The van der Waals surface area contributed by atoms with Gasteiger partial charge in [0.15, 0.2) is 0 Å². The number of furan rings is 1. The van der Waals surface area contributed by atoms with E-state index in [0.717, 1.165) is 10.8 Å². The van der Waals surface area contributed by atoms with Crippen LogP contribution < -0.4 is 16.2 Å². The first kappa shape index (κ1) is 19.7. The summed E-state index contributed by atoms with van der Waals surface area (Å²) >= 11 is 0. The molecule has 0 aliphatic carbocycles. The van der Waals surface area contributed by atoms with E-state index >= 15 is 0 Å². The highest BCUT2D eigenvalue weighted by Crippen LogP contribution is 2.39. The fourth-order valence-electron chi connectivity index (χ4n) is 3.22. The van der Waals surface area contributed by atoms with E-state index in [4.69, 9.17) is 20.6 Å². The van der Waals surface area contributed by atoms with Gasteiger partial charge in [-0.1, -0.05) is 30.3 Å². The Hall–Kier alpha value is -4.58. The van der Waals surface area contributed by atoms with Crippen LogP contribution in [0.2, 0.25) is 0 Å². The largest absolute Gasteiger partial charge is 0.485 e. The van der Waals surface area contributed by atoms with Crippen molar-refractivity contribution in [2.24, 2.45) is 0 Å². The lowest BCUT2D eigenvalue weighted by molar-refractivity contribution is 0.0561. The van der Waals surface area contributed by atoms with Gasteiger partial charge in [0.2, 0.25) is 11.7 Å². The van der Waals surface area contributed by atoms with Gasteiger partial charge in [-0.2, -0.15) is 10.2 Å². The number of anilines is 2. The molecule has 0 saturated carbocycles. The maximum atomic E-state index is 11.6. The van der Waals surface area contributed by atoms with Crippen molar-refractivity contribution in [1.29, 1.82) is 5.26 Å². The molecule has 0 amide bonds. The molecule has 0 spiro atoms. The maximum Gasteiger partial charge on any atom is 0.373 e. The Morgan fingerprint density at radius 3 is 2.71 bits per heavy atom. The van der Waals surface area contributed by atoms with E-state index in [1.807, 2.05) is 36.4 Å². The van der Waals surface area contributed by atoms with Crippen LogP contribution in [-0.4, -0.2) is 23.0 Å². The van der Waals surface area contributed by atoms with Gasteiger partial charge < -0.3 is 25.4 Å². The minimum atomic E-state index is -0.580. The van der Waals surface area contributed by atoms with Crippen LogP contribution in [0, 0.1) is 11.3 Å². The van der Waals surface area contributed by atoms with Crippen LogP contribution in [0.15, 0.2) is 52.9 Å². The van der Waals surface area contributed by atoms with Crippen molar-refractivity contribution < 1.29 is 18.7 Å². The number of fused-ring (bicyclic) bond motifs is 1. The molecule has 31 heavy (non-hydrogen) atoms. The minimum absolute atomic E-state index is 0.0161. The molecule has 0 unspecified atom stereocenters. The molecule has 0 atom stereocenters. The fourth-order valence-corrected chi connectivity index (χ4v) is 3.22. The average molecular weight is 415 g/mol. The second-order valence-electron chi connectivity index (χ2n) is 6.51. The van der Waals surface area contributed by atoms with E-state index in [1.54, 1.807) is 12.1 Å². The van der Waals surface area contributed by atoms with Gasteiger partial charge >= 0.3 is 5.97 Å². The van der Waals surface area contributed by atoms with Gasteiger partial charge in [0.05, 0.1) is 12.7 Å². The molecular formula is C22H17N5O4. The predicted octanol–water partition coefficient (Wildman–Crippen LogP) is 3.29. The van der Waals surface area contributed by atoms with Crippen LogP contribution in [-0.2, 0) is 11.3 Å². The first-order valence-corrected chi connectivity index (χ1v) is 9.17. The normalized spacial score (nSPS) is 10.6. The summed E-state index contributed by atoms with van der Waals surface area (Å²) in [4.78, 5) is 19.8. The Morgan fingerprint density at radius 2 is 1.94 bits per heavy atom. The van der Waals surface area contributed by atoms with Crippen LogP contribution in [0.1, 0.15) is 21.9 Å². The third-order valence-corrected chi connectivity index (χ3v) is 4.61. The Balaban J connectivity index is 1.82. The summed E-state index contributed by atoms with van der Waals surface area (Å²) in [6.07, 6.45) is 0. The topological polar surface area (TPSA) is 150 Å². The van der Waals surface area contributed by atoms with Crippen molar-refractivity contribution in [3.63, 3.8) is 0 Å². The summed E-state index contributed by atoms with van der Waals surface area (Å²) in [6, 6.07) is 16.4. The number of carbonyl (C=O) groups excluding carboxylic acids is 1. The number of ether oxygens (including phenoxy) is 2. The summed E-state index contributed by atoms with van der Waals surface area (Å²) < 4.78 is 16.1. The molecule has 0 fully saturated rings. The lowest BCUT2D eigenvalue weighted by Crippen LogP contribution is -2.06. The molecule has 4 N–H and O–H groups in total. The van der Waals surface area contributed by atoms with Gasteiger partial charge in [0.25, 0.3) is 0 Å². The number of nitriles is 1. The molecule has 2 aromatic carbocycles. The highest BCUT2D eigenvalue weighted by molar-refractivity contribution is 6.00. The van der Waals surface area contributed by atoms with Crippen LogP contribution in [0.5, 0.6) is 5.75 Å². The number of rotatable bonds is 5. The zero-order valence-corrected chi connectivity index (χ0v) is 16.5. The first-order valence-electron chi connectivity index (χ1n) is 9.17. The molecule has 0 aliphatic heterocycles. The van der Waals surface area contributed by atoms with Crippen LogP contribution in [0.25, 0.3) is 22.0 Å². The molecule has 154 valence electrons. The molecule has 2 aromatic heterocycles. The van der Waals surface area contributed by atoms with Crippen LogP contribution in [0.4, 0.5) is 11.8 Å². The van der Waals surface area contributed by atoms with Gasteiger partial charge in [-0.15, -0.1) is 0 Å². The Kier molecular flexibility index (Phi) is 5.12. The van der Waals surface area contributed by atoms with Crippen molar-refractivity contribution in [3.05, 3.63) is 65.6 Å². The zero-order valence-electron chi connectivity index (χ0n) is 16.5. The van der Waals surface area contributed by atoms with E-state index in [2.05, 4.69) is 14.7 Å². The quantitative estimate of drug-likeness (QED) is 0.468. The fraction of sp³-hybridized carbons (Fsp3) is 0.0909. The summed E-state index contributed by atoms with van der Waals surface area (Å²) in [6.45, 7) is 0.0280. The van der Waals surface area contributed by atoms with E-state index in [0.29, 0.717) is 17.1 Å². The lowest BCUT2D eigenvalue weighted by atomic mass is 9.98. The second-order valence-corrected chi connectivity index (χ2v) is 6.51. The van der Waals surface area contributed by atoms with Gasteiger partial charge in [-0.05, 0) is 29.0 Å². The summed E-state index contributed by atoms with van der Waals surface area (Å²) in [5, 5.41) is 11.4. The molecule has 4 aromatic rings.